The number of hydrogen-bond acceptors (Lipinski definition) is 4. The van der Waals surface area contributed by atoms with E-state index in [0.717, 1.165) is 4.88 Å². The minimum absolute atomic E-state index is 0.0686. The lowest BCUT2D eigenvalue weighted by Gasteiger charge is -2.31. The first-order chi connectivity index (χ1) is 12.1. The van der Waals surface area contributed by atoms with E-state index in [4.69, 9.17) is 0 Å². The van der Waals surface area contributed by atoms with Gasteiger partial charge in [-0.2, -0.15) is 0 Å². The van der Waals surface area contributed by atoms with Gasteiger partial charge in [0.1, 0.15) is 5.49 Å². The molecule has 0 aromatic carbocycles. The van der Waals surface area contributed by atoms with Gasteiger partial charge in [-0.05, 0) is 50.3 Å². The van der Waals surface area contributed by atoms with Crippen molar-refractivity contribution >= 4 is 23.2 Å². The Morgan fingerprint density at radius 1 is 1.16 bits per heavy atom. The summed E-state index contributed by atoms with van der Waals surface area (Å²) in [5.41, 5.74) is 0.694. The molecule has 1 saturated heterocycles. The number of amides is 1. The second-order valence-electron chi connectivity index (χ2n) is 6.53. The molecular weight excluding hydrogens is 334 g/mol. The van der Waals surface area contributed by atoms with E-state index >= 15 is 0 Å². The largest absolute Gasteiger partial charge is 0.338 e. The molecule has 0 spiro atoms. The minimum Gasteiger partial charge on any atom is -0.338 e. The predicted octanol–water partition coefficient (Wildman–Crippen LogP) is 3.05. The van der Waals surface area contributed by atoms with Crippen molar-refractivity contribution in [1.82, 2.24) is 9.47 Å². The number of carbonyl (C=O) groups is 2. The highest BCUT2D eigenvalue weighted by atomic mass is 32.1. The first-order valence-electron chi connectivity index (χ1n) is 8.65. The highest BCUT2D eigenvalue weighted by Crippen LogP contribution is 2.21. The van der Waals surface area contributed by atoms with E-state index in [9.17, 15) is 9.59 Å². The van der Waals surface area contributed by atoms with Crippen LogP contribution in [-0.2, 0) is 0 Å². The summed E-state index contributed by atoms with van der Waals surface area (Å²) < 4.78 is 1.65. The summed E-state index contributed by atoms with van der Waals surface area (Å²) in [7, 11) is 0. The topological polar surface area (TPSA) is 54.7 Å². The molecule has 0 bridgehead atoms. The first kappa shape index (κ1) is 17.6. The van der Waals surface area contributed by atoms with Crippen LogP contribution in [0.2, 0.25) is 0 Å². The van der Waals surface area contributed by atoms with Crippen LogP contribution >= 0.6 is 11.3 Å². The summed E-state index contributed by atoms with van der Waals surface area (Å²) in [6, 6.07) is 9.49. The van der Waals surface area contributed by atoms with Gasteiger partial charge in [0.25, 0.3) is 5.91 Å². The fraction of sp³-hybridized carbons (Fsp3) is 0.421. The maximum absolute atomic E-state index is 12.9. The van der Waals surface area contributed by atoms with Crippen molar-refractivity contribution in [2.75, 3.05) is 13.1 Å². The van der Waals surface area contributed by atoms with Gasteiger partial charge in [-0.1, -0.05) is 12.1 Å². The van der Waals surface area contributed by atoms with Crippen molar-refractivity contribution < 1.29 is 9.59 Å². The van der Waals surface area contributed by atoms with Crippen molar-refractivity contribution in [2.45, 2.75) is 32.7 Å². The number of rotatable bonds is 3. The average molecular weight is 357 g/mol. The Balaban J connectivity index is 1.69. The van der Waals surface area contributed by atoms with E-state index in [-0.39, 0.29) is 23.8 Å². The predicted molar refractivity (Wildman–Crippen MR) is 98.7 cm³/mol. The smallest absolute Gasteiger partial charge is 0.263 e. The Bertz CT molecular complexity index is 800. The molecule has 1 aliphatic heterocycles. The molecule has 0 N–H and O–H groups in total. The molecule has 1 aliphatic rings. The van der Waals surface area contributed by atoms with E-state index in [2.05, 4.69) is 4.99 Å². The van der Waals surface area contributed by atoms with E-state index in [0.29, 0.717) is 31.4 Å². The second kappa shape index (κ2) is 7.78. The summed E-state index contributed by atoms with van der Waals surface area (Å²) in [6.45, 7) is 5.24. The maximum Gasteiger partial charge on any atom is 0.263 e. The van der Waals surface area contributed by atoms with Crippen LogP contribution in [0, 0.1) is 5.92 Å². The third-order valence-electron chi connectivity index (χ3n) is 4.33. The number of likely N-dealkylation sites (tertiary alicyclic amines) is 1. The van der Waals surface area contributed by atoms with Crippen molar-refractivity contribution in [2.24, 2.45) is 10.9 Å². The van der Waals surface area contributed by atoms with Crippen LogP contribution in [0.4, 0.5) is 0 Å². The molecule has 5 nitrogen and oxygen atoms in total. The van der Waals surface area contributed by atoms with Gasteiger partial charge in [-0.25, -0.2) is 0 Å². The van der Waals surface area contributed by atoms with Crippen LogP contribution in [-0.4, -0.2) is 40.4 Å². The van der Waals surface area contributed by atoms with E-state index in [1.165, 1.54) is 11.3 Å². The van der Waals surface area contributed by atoms with Crippen molar-refractivity contribution in [3.8, 4) is 0 Å². The molecule has 0 aliphatic carbocycles. The fourth-order valence-electron chi connectivity index (χ4n) is 3.07. The van der Waals surface area contributed by atoms with E-state index in [1.54, 1.807) is 10.8 Å². The third kappa shape index (κ3) is 4.07. The van der Waals surface area contributed by atoms with Crippen LogP contribution in [0.25, 0.3) is 0 Å². The first-order valence-corrected chi connectivity index (χ1v) is 9.52. The van der Waals surface area contributed by atoms with Gasteiger partial charge in [0.05, 0.1) is 4.88 Å². The Morgan fingerprint density at radius 3 is 2.56 bits per heavy atom. The lowest BCUT2D eigenvalue weighted by atomic mass is 9.95. The lowest BCUT2D eigenvalue weighted by molar-refractivity contribution is 0.0621. The molecule has 1 amide bonds. The van der Waals surface area contributed by atoms with Gasteiger partial charge in [0.15, 0.2) is 0 Å². The highest BCUT2D eigenvalue weighted by molar-refractivity contribution is 7.12. The third-order valence-corrected chi connectivity index (χ3v) is 5.19. The maximum atomic E-state index is 12.9. The quantitative estimate of drug-likeness (QED) is 0.848. The summed E-state index contributed by atoms with van der Waals surface area (Å²) in [4.78, 5) is 32.5. The van der Waals surface area contributed by atoms with Crippen LogP contribution in [0.15, 0.2) is 46.9 Å². The van der Waals surface area contributed by atoms with E-state index in [1.807, 2.05) is 54.5 Å². The van der Waals surface area contributed by atoms with Gasteiger partial charge in [0.2, 0.25) is 5.91 Å². The van der Waals surface area contributed by atoms with Crippen molar-refractivity contribution in [3.05, 3.63) is 52.3 Å². The Hall–Kier alpha value is -2.21. The molecule has 0 atom stereocenters. The summed E-state index contributed by atoms with van der Waals surface area (Å²) >= 11 is 1.46. The molecule has 0 radical (unpaired) electrons. The molecule has 3 rings (SSSR count). The van der Waals surface area contributed by atoms with Gasteiger partial charge in [-0.15, -0.1) is 11.3 Å². The lowest BCUT2D eigenvalue weighted by Crippen LogP contribution is -2.42. The molecule has 0 unspecified atom stereocenters. The normalized spacial score (nSPS) is 16.4. The van der Waals surface area contributed by atoms with Gasteiger partial charge in [-0.3, -0.25) is 19.1 Å². The van der Waals surface area contributed by atoms with Gasteiger partial charge in [0, 0.05) is 31.2 Å². The van der Waals surface area contributed by atoms with Crippen LogP contribution < -0.4 is 5.49 Å². The zero-order valence-electron chi connectivity index (χ0n) is 14.6. The number of aromatic nitrogens is 1. The SMILES string of the molecule is CC(C)N=c1ccccn1C(=O)C1CCN(C(=O)c2cccs2)CC1. The number of carbonyl (C=O) groups excluding carboxylic acids is 2. The number of thiophene rings is 1. The summed E-state index contributed by atoms with van der Waals surface area (Å²) in [5.74, 6) is 0.0767. The average Bonchev–Trinajstić information content (AvgIpc) is 3.15. The molecule has 2 aromatic heterocycles. The van der Waals surface area contributed by atoms with Gasteiger partial charge < -0.3 is 4.90 Å². The molecule has 6 heteroatoms. The van der Waals surface area contributed by atoms with Crippen LogP contribution in [0.3, 0.4) is 0 Å². The molecule has 3 heterocycles. The zero-order valence-corrected chi connectivity index (χ0v) is 15.4. The summed E-state index contributed by atoms with van der Waals surface area (Å²) in [6.07, 6.45) is 3.17. The molecule has 25 heavy (non-hydrogen) atoms. The standard InChI is InChI=1S/C19H23N3O2S/c1-14(2)20-17-7-3-4-10-22(17)18(23)15-8-11-21(12-9-15)19(24)16-6-5-13-25-16/h3-7,10,13-15H,8-9,11-12H2,1-2H3. The number of pyridine rings is 1. The highest BCUT2D eigenvalue weighted by Gasteiger charge is 2.29. The Labute approximate surface area is 151 Å². The summed E-state index contributed by atoms with van der Waals surface area (Å²) in [5, 5.41) is 1.91. The zero-order chi connectivity index (χ0) is 17.8. The Morgan fingerprint density at radius 2 is 1.92 bits per heavy atom. The molecule has 1 fully saturated rings. The number of nitrogens with zero attached hydrogens (tertiary/aromatic N) is 3. The fourth-order valence-corrected chi connectivity index (χ4v) is 3.76. The van der Waals surface area contributed by atoms with Crippen molar-refractivity contribution in [3.63, 3.8) is 0 Å². The Kier molecular flexibility index (Phi) is 5.48. The monoisotopic (exact) mass is 357 g/mol. The number of piperidine rings is 1. The van der Waals surface area contributed by atoms with E-state index < -0.39 is 0 Å². The molecule has 132 valence electrons. The van der Waals surface area contributed by atoms with Gasteiger partial charge >= 0.3 is 0 Å². The molecule has 0 saturated carbocycles. The van der Waals surface area contributed by atoms with Crippen LogP contribution in [0.5, 0.6) is 0 Å². The minimum atomic E-state index is -0.0686. The molecule has 2 aromatic rings. The van der Waals surface area contributed by atoms with Crippen molar-refractivity contribution in [1.29, 1.82) is 0 Å². The molecular formula is C19H23N3O2S. The van der Waals surface area contributed by atoms with Crippen LogP contribution in [0.1, 0.15) is 41.2 Å². The number of hydrogen-bond donors (Lipinski definition) is 0. The second-order valence-corrected chi connectivity index (χ2v) is 7.48.